The van der Waals surface area contributed by atoms with Gasteiger partial charge in [-0.05, 0) is 24.5 Å². The molecule has 2 rings (SSSR count). The van der Waals surface area contributed by atoms with E-state index in [4.69, 9.17) is 0 Å². The van der Waals surface area contributed by atoms with Gasteiger partial charge in [0, 0.05) is 6.54 Å². The van der Waals surface area contributed by atoms with Crippen LogP contribution in [0.2, 0.25) is 0 Å². The van der Waals surface area contributed by atoms with Crippen molar-refractivity contribution in [2.75, 3.05) is 11.9 Å². The Bertz CT molecular complexity index is 522. The van der Waals surface area contributed by atoms with Gasteiger partial charge in [-0.1, -0.05) is 51.7 Å². The molecule has 0 atom stereocenters. The second-order valence-corrected chi connectivity index (χ2v) is 5.77. The first-order chi connectivity index (χ1) is 9.75. The first kappa shape index (κ1) is 14.8. The molecule has 3 heteroatoms. The summed E-state index contributed by atoms with van der Waals surface area (Å²) in [5.74, 6) is 1.71. The summed E-state index contributed by atoms with van der Waals surface area (Å²) in [5.41, 5.74) is 1.90. The maximum absolute atomic E-state index is 4.56. The Balaban J connectivity index is 1.68. The minimum Gasteiger partial charge on any atom is -0.369 e. The zero-order valence-corrected chi connectivity index (χ0v) is 12.6. The van der Waals surface area contributed by atoms with Crippen LogP contribution in [0.25, 0.3) is 11.0 Å². The Morgan fingerprint density at radius 2 is 1.75 bits per heavy atom. The molecule has 0 amide bonds. The fourth-order valence-electron chi connectivity index (χ4n) is 2.29. The highest BCUT2D eigenvalue weighted by atomic mass is 15.0. The van der Waals surface area contributed by atoms with Crippen LogP contribution >= 0.6 is 0 Å². The molecule has 0 saturated heterocycles. The number of fused-ring (bicyclic) bond motifs is 1. The van der Waals surface area contributed by atoms with Gasteiger partial charge in [-0.2, -0.15) is 0 Å². The number of anilines is 1. The van der Waals surface area contributed by atoms with Gasteiger partial charge in [-0.25, -0.2) is 4.98 Å². The zero-order chi connectivity index (χ0) is 14.2. The smallest absolute Gasteiger partial charge is 0.145 e. The number of para-hydroxylation sites is 2. The van der Waals surface area contributed by atoms with Crippen molar-refractivity contribution in [1.82, 2.24) is 9.97 Å². The van der Waals surface area contributed by atoms with Crippen LogP contribution in [0.15, 0.2) is 30.5 Å². The van der Waals surface area contributed by atoms with Crippen LogP contribution in [-0.2, 0) is 0 Å². The molecule has 1 aromatic heterocycles. The molecular weight excluding hydrogens is 246 g/mol. The molecule has 1 N–H and O–H groups in total. The highest BCUT2D eigenvalue weighted by molar-refractivity contribution is 5.75. The Morgan fingerprint density at radius 1 is 1.00 bits per heavy atom. The lowest BCUT2D eigenvalue weighted by molar-refractivity contribution is 0.523. The summed E-state index contributed by atoms with van der Waals surface area (Å²) < 4.78 is 0. The molecule has 1 heterocycles. The number of rotatable bonds is 8. The molecule has 0 aliphatic carbocycles. The van der Waals surface area contributed by atoms with E-state index in [-0.39, 0.29) is 0 Å². The van der Waals surface area contributed by atoms with Crippen LogP contribution in [0.3, 0.4) is 0 Å². The van der Waals surface area contributed by atoms with Crippen LogP contribution in [0.1, 0.15) is 46.0 Å². The fraction of sp³-hybridized carbons (Fsp3) is 0.529. The van der Waals surface area contributed by atoms with Gasteiger partial charge >= 0.3 is 0 Å². The predicted octanol–water partition coefficient (Wildman–Crippen LogP) is 4.65. The molecule has 2 aromatic rings. The largest absolute Gasteiger partial charge is 0.369 e. The number of benzene rings is 1. The number of nitrogens with one attached hydrogen (secondary N) is 1. The molecule has 0 unspecified atom stereocenters. The van der Waals surface area contributed by atoms with Crippen molar-refractivity contribution in [3.05, 3.63) is 30.5 Å². The molecule has 0 radical (unpaired) electrons. The van der Waals surface area contributed by atoms with Gasteiger partial charge in [0.25, 0.3) is 0 Å². The number of unbranched alkanes of at least 4 members (excludes halogenated alkanes) is 3. The number of nitrogens with zero attached hydrogens (tertiary/aromatic N) is 2. The maximum Gasteiger partial charge on any atom is 0.145 e. The highest BCUT2D eigenvalue weighted by Crippen LogP contribution is 2.12. The molecule has 20 heavy (non-hydrogen) atoms. The highest BCUT2D eigenvalue weighted by Gasteiger charge is 1.98. The molecule has 0 spiro atoms. The van der Waals surface area contributed by atoms with Gasteiger partial charge in [0.05, 0.1) is 17.2 Å². The Hall–Kier alpha value is -1.64. The van der Waals surface area contributed by atoms with E-state index in [1.807, 2.05) is 30.5 Å². The summed E-state index contributed by atoms with van der Waals surface area (Å²) in [6.45, 7) is 5.56. The standard InChI is InChI=1S/C17H25N3/c1-14(2)9-5-3-4-8-12-18-17-13-19-15-10-6-7-11-16(15)20-17/h6-7,10-11,13-14H,3-5,8-9,12H2,1-2H3,(H,18,20). The van der Waals surface area contributed by atoms with Crippen molar-refractivity contribution < 1.29 is 0 Å². The fourth-order valence-corrected chi connectivity index (χ4v) is 2.29. The van der Waals surface area contributed by atoms with Gasteiger partial charge < -0.3 is 5.32 Å². The lowest BCUT2D eigenvalue weighted by Crippen LogP contribution is -2.04. The number of hydrogen-bond acceptors (Lipinski definition) is 3. The van der Waals surface area contributed by atoms with Crippen LogP contribution in [0.4, 0.5) is 5.82 Å². The van der Waals surface area contributed by atoms with Gasteiger partial charge in [-0.15, -0.1) is 0 Å². The molecule has 3 nitrogen and oxygen atoms in total. The molecule has 0 saturated carbocycles. The second-order valence-electron chi connectivity index (χ2n) is 5.77. The average molecular weight is 271 g/mol. The van der Waals surface area contributed by atoms with E-state index in [0.717, 1.165) is 29.3 Å². The molecule has 0 fully saturated rings. The van der Waals surface area contributed by atoms with E-state index in [0.29, 0.717) is 0 Å². The van der Waals surface area contributed by atoms with Gasteiger partial charge in [0.15, 0.2) is 0 Å². The van der Waals surface area contributed by atoms with E-state index in [1.54, 1.807) is 0 Å². The second kappa shape index (κ2) is 7.83. The van der Waals surface area contributed by atoms with Crippen LogP contribution < -0.4 is 5.32 Å². The third-order valence-electron chi connectivity index (χ3n) is 3.46. The van der Waals surface area contributed by atoms with E-state index in [9.17, 15) is 0 Å². The van der Waals surface area contributed by atoms with Crippen LogP contribution in [0, 0.1) is 5.92 Å². The van der Waals surface area contributed by atoms with Crippen molar-refractivity contribution in [2.24, 2.45) is 5.92 Å². The monoisotopic (exact) mass is 271 g/mol. The number of aromatic nitrogens is 2. The summed E-state index contributed by atoms with van der Waals surface area (Å²) in [7, 11) is 0. The SMILES string of the molecule is CC(C)CCCCCCNc1cnc2ccccc2n1. The summed E-state index contributed by atoms with van der Waals surface area (Å²) in [4.78, 5) is 8.96. The quantitative estimate of drug-likeness (QED) is 0.710. The summed E-state index contributed by atoms with van der Waals surface area (Å²) in [6.07, 6.45) is 8.36. The summed E-state index contributed by atoms with van der Waals surface area (Å²) >= 11 is 0. The van der Waals surface area contributed by atoms with Crippen molar-refractivity contribution in [1.29, 1.82) is 0 Å². The minimum atomic E-state index is 0.834. The van der Waals surface area contributed by atoms with Gasteiger partial charge in [0.2, 0.25) is 0 Å². The molecule has 1 aromatic carbocycles. The first-order valence-corrected chi connectivity index (χ1v) is 7.71. The Kier molecular flexibility index (Phi) is 5.78. The summed E-state index contributed by atoms with van der Waals surface area (Å²) in [6, 6.07) is 7.97. The van der Waals surface area contributed by atoms with Crippen molar-refractivity contribution >= 4 is 16.9 Å². The van der Waals surface area contributed by atoms with Crippen molar-refractivity contribution in [3.8, 4) is 0 Å². The molecule has 0 aliphatic rings. The van der Waals surface area contributed by atoms with Gasteiger partial charge in [-0.3, -0.25) is 4.98 Å². The first-order valence-electron chi connectivity index (χ1n) is 7.71. The normalized spacial score (nSPS) is 11.2. The molecule has 0 aliphatic heterocycles. The Labute approximate surface area is 121 Å². The molecule has 0 bridgehead atoms. The van der Waals surface area contributed by atoms with Crippen LogP contribution in [0.5, 0.6) is 0 Å². The minimum absolute atomic E-state index is 0.834. The lowest BCUT2D eigenvalue weighted by atomic mass is 10.0. The van der Waals surface area contributed by atoms with E-state index in [1.165, 1.54) is 32.1 Å². The van der Waals surface area contributed by atoms with Crippen molar-refractivity contribution in [3.63, 3.8) is 0 Å². The lowest BCUT2D eigenvalue weighted by Gasteiger charge is -2.07. The van der Waals surface area contributed by atoms with E-state index >= 15 is 0 Å². The van der Waals surface area contributed by atoms with Crippen molar-refractivity contribution in [2.45, 2.75) is 46.0 Å². The third-order valence-corrected chi connectivity index (χ3v) is 3.46. The predicted molar refractivity (Wildman–Crippen MR) is 86.0 cm³/mol. The van der Waals surface area contributed by atoms with E-state index in [2.05, 4.69) is 29.1 Å². The topological polar surface area (TPSA) is 37.8 Å². The number of hydrogen-bond donors (Lipinski definition) is 1. The zero-order valence-electron chi connectivity index (χ0n) is 12.6. The molecular formula is C17H25N3. The van der Waals surface area contributed by atoms with Gasteiger partial charge in [0.1, 0.15) is 5.82 Å². The maximum atomic E-state index is 4.56. The van der Waals surface area contributed by atoms with E-state index < -0.39 is 0 Å². The average Bonchev–Trinajstić information content (AvgIpc) is 2.46. The van der Waals surface area contributed by atoms with Crippen LogP contribution in [-0.4, -0.2) is 16.5 Å². The molecule has 108 valence electrons. The Morgan fingerprint density at radius 3 is 2.55 bits per heavy atom. The third kappa shape index (κ3) is 4.80. The summed E-state index contributed by atoms with van der Waals surface area (Å²) in [5, 5.41) is 3.36.